The average molecular weight is 865 g/mol. The quantitative estimate of drug-likeness (QED) is 0.127. The standard InChI is InChI=1S/2C26H29FN4O/c27-24-3-1-2-19(14-24)4-7-26(32)30-11-8-20(9-12-30)18-31-13-10-22-15-21(5-6-25(22)31)23-16-28-29-17-23;27-24-4-2-1-3-20(24)6-8-26(32)30-12-9-19(10-13-30)18-31-14-11-22-15-21(5-7-25(22)31)23-16-28-29-17-23/h1-3,5-6,14-17,20H,4,7-13,18H2,(H,28,29);1-5,7,15-17,19H,6,8-14,18H2,(H,28,29). The summed E-state index contributed by atoms with van der Waals surface area (Å²) in [6, 6.07) is 26.7. The van der Waals surface area contributed by atoms with Crippen LogP contribution >= 0.6 is 0 Å². The Morgan fingerprint density at radius 3 is 1.61 bits per heavy atom. The molecule has 0 aliphatic carbocycles. The van der Waals surface area contributed by atoms with Crippen LogP contribution in [0.4, 0.5) is 20.2 Å². The summed E-state index contributed by atoms with van der Waals surface area (Å²) < 4.78 is 27.1. The van der Waals surface area contributed by atoms with E-state index >= 15 is 0 Å². The maximum absolute atomic E-state index is 13.8. The number of aryl methyl sites for hydroxylation is 2. The molecule has 6 aromatic rings. The monoisotopic (exact) mass is 864 g/mol. The molecule has 332 valence electrons. The number of hydrogen-bond acceptors (Lipinski definition) is 6. The summed E-state index contributed by atoms with van der Waals surface area (Å²) in [6.07, 6.45) is 15.8. The lowest BCUT2D eigenvalue weighted by Crippen LogP contribution is -2.41. The number of nitrogens with zero attached hydrogens (tertiary/aromatic N) is 6. The van der Waals surface area contributed by atoms with Crippen molar-refractivity contribution in [1.82, 2.24) is 30.2 Å². The third-order valence-electron chi connectivity index (χ3n) is 13.8. The molecule has 10 nitrogen and oxygen atoms in total. The number of fused-ring (bicyclic) bond motifs is 2. The second kappa shape index (κ2) is 20.0. The van der Waals surface area contributed by atoms with Crippen molar-refractivity contribution in [2.75, 3.05) is 62.2 Å². The number of nitrogens with one attached hydrogen (secondary N) is 2. The molecule has 2 amide bonds. The molecule has 64 heavy (non-hydrogen) atoms. The van der Waals surface area contributed by atoms with Gasteiger partial charge in [0.25, 0.3) is 0 Å². The van der Waals surface area contributed by atoms with Gasteiger partial charge in [-0.25, -0.2) is 8.78 Å². The third-order valence-corrected chi connectivity index (χ3v) is 13.8. The van der Waals surface area contributed by atoms with Crippen LogP contribution in [0.15, 0.2) is 110 Å². The summed E-state index contributed by atoms with van der Waals surface area (Å²) in [6.45, 7) is 7.50. The van der Waals surface area contributed by atoms with Gasteiger partial charge in [-0.15, -0.1) is 0 Å². The van der Waals surface area contributed by atoms with E-state index in [9.17, 15) is 18.4 Å². The van der Waals surface area contributed by atoms with Crippen LogP contribution in [0.3, 0.4) is 0 Å². The molecule has 0 atom stereocenters. The fraction of sp³-hybridized carbons (Fsp3) is 0.385. The van der Waals surface area contributed by atoms with Gasteiger partial charge in [0, 0.05) is 100 Å². The van der Waals surface area contributed by atoms with Crippen molar-refractivity contribution in [1.29, 1.82) is 0 Å². The van der Waals surface area contributed by atoms with Gasteiger partial charge in [0.05, 0.1) is 12.4 Å². The number of anilines is 2. The number of rotatable bonds is 12. The van der Waals surface area contributed by atoms with Gasteiger partial charge in [0.15, 0.2) is 0 Å². The number of carbonyl (C=O) groups is 2. The van der Waals surface area contributed by atoms with Gasteiger partial charge in [-0.05, 0) is 139 Å². The minimum Gasteiger partial charge on any atom is -0.371 e. The predicted octanol–water partition coefficient (Wildman–Crippen LogP) is 8.90. The Bertz CT molecular complexity index is 2490. The molecule has 2 fully saturated rings. The summed E-state index contributed by atoms with van der Waals surface area (Å²) in [7, 11) is 0. The first kappa shape index (κ1) is 43.0. The highest BCUT2D eigenvalue weighted by molar-refractivity contribution is 5.77. The molecular weight excluding hydrogens is 807 g/mol. The van der Waals surface area contributed by atoms with E-state index in [0.717, 1.165) is 108 Å². The normalized spacial score (nSPS) is 16.4. The number of aromatic amines is 2. The van der Waals surface area contributed by atoms with Crippen LogP contribution in [0.1, 0.15) is 60.8 Å². The summed E-state index contributed by atoms with van der Waals surface area (Å²) in [5, 5.41) is 13.9. The van der Waals surface area contributed by atoms with E-state index in [0.29, 0.717) is 43.1 Å². The average Bonchev–Trinajstić information content (AvgIpc) is 4.18. The van der Waals surface area contributed by atoms with E-state index in [4.69, 9.17) is 0 Å². The maximum atomic E-state index is 13.8. The summed E-state index contributed by atoms with van der Waals surface area (Å²) in [5.41, 5.74) is 11.7. The van der Waals surface area contributed by atoms with Gasteiger partial charge in [-0.1, -0.05) is 42.5 Å². The Kier molecular flexibility index (Phi) is 13.5. The van der Waals surface area contributed by atoms with Crippen LogP contribution in [0.2, 0.25) is 0 Å². The van der Waals surface area contributed by atoms with Crippen molar-refractivity contribution in [2.45, 2.75) is 64.2 Å². The van der Waals surface area contributed by atoms with E-state index in [1.54, 1.807) is 18.2 Å². The van der Waals surface area contributed by atoms with Crippen LogP contribution in [0.25, 0.3) is 22.3 Å². The van der Waals surface area contributed by atoms with E-state index in [2.05, 4.69) is 66.6 Å². The van der Waals surface area contributed by atoms with Crippen molar-refractivity contribution in [3.05, 3.63) is 144 Å². The molecule has 2 saturated heterocycles. The fourth-order valence-electron chi connectivity index (χ4n) is 10.1. The van der Waals surface area contributed by atoms with E-state index in [1.807, 2.05) is 46.7 Å². The van der Waals surface area contributed by atoms with Gasteiger partial charge >= 0.3 is 0 Å². The first-order chi connectivity index (χ1) is 31.3. The topological polar surface area (TPSA) is 104 Å². The van der Waals surface area contributed by atoms with Crippen LogP contribution in [0, 0.1) is 23.5 Å². The molecule has 0 unspecified atom stereocenters. The predicted molar refractivity (Wildman–Crippen MR) is 248 cm³/mol. The molecule has 0 saturated carbocycles. The number of carbonyl (C=O) groups excluding carboxylic acids is 2. The van der Waals surface area contributed by atoms with Gasteiger partial charge in [0.2, 0.25) is 11.8 Å². The Labute approximate surface area is 374 Å². The van der Waals surface area contributed by atoms with Crippen molar-refractivity contribution >= 4 is 23.2 Å². The second-order valence-electron chi connectivity index (χ2n) is 17.9. The zero-order valence-electron chi connectivity index (χ0n) is 36.5. The molecule has 0 radical (unpaired) electrons. The molecule has 2 N–H and O–H groups in total. The molecule has 0 spiro atoms. The van der Waals surface area contributed by atoms with Crippen molar-refractivity contribution in [3.63, 3.8) is 0 Å². The molecule has 10 rings (SSSR count). The van der Waals surface area contributed by atoms with Crippen LogP contribution < -0.4 is 9.80 Å². The summed E-state index contributed by atoms with van der Waals surface area (Å²) >= 11 is 0. The Balaban J connectivity index is 0.000000162. The lowest BCUT2D eigenvalue weighted by molar-refractivity contribution is -0.133. The largest absolute Gasteiger partial charge is 0.371 e. The lowest BCUT2D eigenvalue weighted by atomic mass is 9.95. The Morgan fingerprint density at radius 2 is 1.11 bits per heavy atom. The number of likely N-dealkylation sites (tertiary alicyclic amines) is 2. The van der Waals surface area contributed by atoms with E-state index in [-0.39, 0.29) is 23.4 Å². The molecule has 4 aliphatic rings. The van der Waals surface area contributed by atoms with Crippen molar-refractivity contribution in [3.8, 4) is 22.3 Å². The Morgan fingerprint density at radius 1 is 0.578 bits per heavy atom. The van der Waals surface area contributed by atoms with Gasteiger partial charge < -0.3 is 19.6 Å². The molecule has 4 aromatic carbocycles. The zero-order chi connectivity index (χ0) is 43.8. The molecule has 12 heteroatoms. The minimum atomic E-state index is -0.239. The highest BCUT2D eigenvalue weighted by Crippen LogP contribution is 2.35. The zero-order valence-corrected chi connectivity index (χ0v) is 36.5. The third kappa shape index (κ3) is 10.4. The first-order valence-electron chi connectivity index (χ1n) is 23.1. The highest BCUT2D eigenvalue weighted by atomic mass is 19.1. The van der Waals surface area contributed by atoms with Crippen LogP contribution in [0.5, 0.6) is 0 Å². The molecular formula is C52H58F2N8O2. The first-order valence-corrected chi connectivity index (χ1v) is 23.1. The van der Waals surface area contributed by atoms with Crippen LogP contribution in [-0.4, -0.2) is 94.4 Å². The minimum absolute atomic E-state index is 0.144. The van der Waals surface area contributed by atoms with Gasteiger partial charge in [0.1, 0.15) is 11.6 Å². The SMILES string of the molecule is O=C(CCc1cccc(F)c1)N1CCC(CN2CCc3cc(-c4cn[nH]c4)ccc32)CC1.O=C(CCc1ccccc1F)N1CCC(CN2CCc3cc(-c4cn[nH]c4)ccc32)CC1. The van der Waals surface area contributed by atoms with Crippen molar-refractivity contribution < 1.29 is 18.4 Å². The van der Waals surface area contributed by atoms with Crippen molar-refractivity contribution in [2.24, 2.45) is 11.8 Å². The number of H-pyrrole nitrogens is 2. The van der Waals surface area contributed by atoms with Gasteiger partial charge in [-0.2, -0.15) is 10.2 Å². The van der Waals surface area contributed by atoms with Gasteiger partial charge in [-0.3, -0.25) is 19.8 Å². The molecule has 0 bridgehead atoms. The number of hydrogen-bond donors (Lipinski definition) is 2. The lowest BCUT2D eigenvalue weighted by Gasteiger charge is -2.34. The smallest absolute Gasteiger partial charge is 0.222 e. The molecule has 6 heterocycles. The maximum Gasteiger partial charge on any atom is 0.222 e. The second-order valence-corrected chi connectivity index (χ2v) is 17.9. The molecule has 2 aromatic heterocycles. The number of aromatic nitrogens is 4. The van der Waals surface area contributed by atoms with Crippen LogP contribution in [-0.2, 0) is 35.3 Å². The summed E-state index contributed by atoms with van der Waals surface area (Å²) in [5.74, 6) is 1.08. The van der Waals surface area contributed by atoms with E-state index in [1.165, 1.54) is 51.8 Å². The fourth-order valence-corrected chi connectivity index (χ4v) is 10.1. The number of benzene rings is 4. The Hall–Kier alpha value is -6.30. The number of amides is 2. The highest BCUT2D eigenvalue weighted by Gasteiger charge is 2.29. The number of halogens is 2. The number of piperidine rings is 2. The molecule has 4 aliphatic heterocycles. The van der Waals surface area contributed by atoms with E-state index < -0.39 is 0 Å². The summed E-state index contributed by atoms with van der Waals surface area (Å²) in [4.78, 5) is 34.2.